The van der Waals surface area contributed by atoms with Gasteiger partial charge in [0.2, 0.25) is 5.91 Å². The normalized spacial score (nSPS) is 16.5. The van der Waals surface area contributed by atoms with Gasteiger partial charge in [-0.3, -0.25) is 14.8 Å². The van der Waals surface area contributed by atoms with Crippen molar-refractivity contribution in [3.8, 4) is 0 Å². The number of aryl methyl sites for hydroxylation is 1. The van der Waals surface area contributed by atoms with Crippen LogP contribution in [0.5, 0.6) is 0 Å². The van der Waals surface area contributed by atoms with Gasteiger partial charge in [-0.2, -0.15) is 0 Å². The summed E-state index contributed by atoms with van der Waals surface area (Å²) >= 11 is 0. The van der Waals surface area contributed by atoms with Gasteiger partial charge < -0.3 is 20.4 Å². The van der Waals surface area contributed by atoms with Crippen molar-refractivity contribution >= 4 is 22.5 Å². The van der Waals surface area contributed by atoms with E-state index in [0.717, 1.165) is 6.07 Å². The number of amides is 1. The molecule has 0 radical (unpaired) electrons. The minimum Gasteiger partial charge on any atom is -0.387 e. The van der Waals surface area contributed by atoms with Gasteiger partial charge in [-0.05, 0) is 38.8 Å². The number of nitrogens with zero attached hydrogens (tertiary/aromatic N) is 3. The second kappa shape index (κ2) is 9.79. The Labute approximate surface area is 200 Å². The van der Waals surface area contributed by atoms with E-state index in [1.807, 2.05) is 0 Å². The van der Waals surface area contributed by atoms with Crippen LogP contribution in [-0.4, -0.2) is 50.7 Å². The van der Waals surface area contributed by atoms with Crippen LogP contribution in [0.2, 0.25) is 0 Å². The number of carbonyl (C=O) groups is 1. The number of benzene rings is 1. The molecule has 0 unspecified atom stereocenters. The first-order valence-electron chi connectivity index (χ1n) is 11.4. The molecule has 3 N–H and O–H groups in total. The van der Waals surface area contributed by atoms with Crippen LogP contribution >= 0.6 is 0 Å². The molecule has 1 aliphatic rings. The summed E-state index contributed by atoms with van der Waals surface area (Å²) in [4.78, 5) is 22.3. The van der Waals surface area contributed by atoms with E-state index in [2.05, 4.69) is 15.3 Å². The smallest absolute Gasteiger partial charge is 0.266 e. The van der Waals surface area contributed by atoms with Crippen LogP contribution in [0.25, 0.3) is 10.9 Å². The van der Waals surface area contributed by atoms with Crippen molar-refractivity contribution in [3.63, 3.8) is 0 Å². The van der Waals surface area contributed by atoms with E-state index < -0.39 is 36.1 Å². The molecule has 1 saturated heterocycles. The lowest BCUT2D eigenvalue weighted by atomic mass is 9.87. The molecule has 35 heavy (non-hydrogen) atoms. The summed E-state index contributed by atoms with van der Waals surface area (Å²) in [6.07, 6.45) is -0.838. The van der Waals surface area contributed by atoms with Crippen LogP contribution in [0.15, 0.2) is 36.5 Å². The molecule has 1 amide bonds. The van der Waals surface area contributed by atoms with Crippen LogP contribution in [0.1, 0.15) is 54.7 Å². The molecule has 1 aliphatic heterocycles. The van der Waals surface area contributed by atoms with Gasteiger partial charge in [-0.1, -0.05) is 18.2 Å². The molecule has 1 fully saturated rings. The third-order valence-electron chi connectivity index (χ3n) is 6.59. The molecular weight excluding hydrogens is 461 g/mol. The van der Waals surface area contributed by atoms with E-state index in [0.29, 0.717) is 28.0 Å². The Hall–Kier alpha value is -3.24. The van der Waals surface area contributed by atoms with Gasteiger partial charge >= 0.3 is 0 Å². The Bertz CT molecular complexity index is 1250. The zero-order valence-electron chi connectivity index (χ0n) is 19.4. The molecule has 3 aromatic rings. The maximum atomic E-state index is 14.7. The van der Waals surface area contributed by atoms with Crippen molar-refractivity contribution in [3.05, 3.63) is 64.9 Å². The van der Waals surface area contributed by atoms with Gasteiger partial charge in [0.1, 0.15) is 18.0 Å². The Kier molecular flexibility index (Phi) is 6.95. The molecule has 0 saturated carbocycles. The van der Waals surface area contributed by atoms with Gasteiger partial charge in [0.25, 0.3) is 6.43 Å². The molecular formula is C25H27F3N4O3. The first-order chi connectivity index (χ1) is 16.6. The molecule has 0 aliphatic carbocycles. The van der Waals surface area contributed by atoms with Gasteiger partial charge in [0, 0.05) is 35.9 Å². The number of anilines is 1. The van der Waals surface area contributed by atoms with Crippen molar-refractivity contribution in [1.29, 1.82) is 0 Å². The molecule has 0 bridgehead atoms. The number of fused-ring (bicyclic) bond motifs is 1. The number of rotatable bonds is 6. The van der Waals surface area contributed by atoms with Gasteiger partial charge in [0.15, 0.2) is 0 Å². The van der Waals surface area contributed by atoms with Crippen LogP contribution < -0.4 is 5.32 Å². The van der Waals surface area contributed by atoms with Gasteiger partial charge in [-0.25, -0.2) is 13.2 Å². The fourth-order valence-electron chi connectivity index (χ4n) is 4.54. The average Bonchev–Trinajstić information content (AvgIpc) is 2.84. The van der Waals surface area contributed by atoms with Crippen LogP contribution in [0.3, 0.4) is 0 Å². The first-order valence-corrected chi connectivity index (χ1v) is 11.4. The Balaban J connectivity index is 1.67. The Morgan fingerprint density at radius 2 is 1.91 bits per heavy atom. The van der Waals surface area contributed by atoms with E-state index in [1.54, 1.807) is 32.2 Å². The molecule has 2 aromatic heterocycles. The van der Waals surface area contributed by atoms with Crippen LogP contribution in [0.4, 0.5) is 18.9 Å². The maximum Gasteiger partial charge on any atom is 0.266 e. The lowest BCUT2D eigenvalue weighted by Crippen LogP contribution is -2.46. The van der Waals surface area contributed by atoms with E-state index in [9.17, 15) is 23.1 Å². The minimum atomic E-state index is -2.92. The Morgan fingerprint density at radius 3 is 2.57 bits per heavy atom. The second-order valence-corrected chi connectivity index (χ2v) is 8.84. The molecule has 186 valence electrons. The van der Waals surface area contributed by atoms with Crippen molar-refractivity contribution in [2.75, 3.05) is 25.0 Å². The summed E-state index contributed by atoms with van der Waals surface area (Å²) in [5, 5.41) is 24.3. The molecule has 7 nitrogen and oxygen atoms in total. The second-order valence-electron chi connectivity index (χ2n) is 8.84. The number of aliphatic hydroxyl groups excluding tert-OH is 1. The number of piperidine rings is 1. The standard InChI is InChI=1S/C25H27F3N4O3/c1-14(16-4-3-5-17(22(16)26)24(27)28)30-19-6-9-29-23-15(2)31-20(12-18(19)23)25(35)7-10-32(11-8-25)21(34)13-33/h3-6,9,12,14,24,33,35H,7-8,10-11,13H2,1-2H3,(H,29,30)/t14-/m1/s1. The number of pyridine rings is 2. The van der Waals surface area contributed by atoms with E-state index in [1.165, 1.54) is 17.0 Å². The largest absolute Gasteiger partial charge is 0.387 e. The van der Waals surface area contributed by atoms with Crippen LogP contribution in [-0.2, 0) is 10.4 Å². The summed E-state index contributed by atoms with van der Waals surface area (Å²) in [6.45, 7) is 3.43. The predicted molar refractivity (Wildman–Crippen MR) is 124 cm³/mol. The highest BCUT2D eigenvalue weighted by Crippen LogP contribution is 2.36. The lowest BCUT2D eigenvalue weighted by Gasteiger charge is -2.37. The van der Waals surface area contributed by atoms with Gasteiger partial charge in [0.05, 0.1) is 28.5 Å². The monoisotopic (exact) mass is 488 g/mol. The van der Waals surface area contributed by atoms with E-state index in [-0.39, 0.29) is 37.4 Å². The number of likely N-dealkylation sites (tertiary alicyclic amines) is 1. The van der Waals surface area contributed by atoms with Crippen molar-refractivity contribution < 1.29 is 28.2 Å². The molecule has 4 rings (SSSR count). The topological polar surface area (TPSA) is 98.6 Å². The number of halogens is 3. The zero-order chi connectivity index (χ0) is 25.3. The highest BCUT2D eigenvalue weighted by atomic mass is 19.3. The fourth-order valence-corrected chi connectivity index (χ4v) is 4.54. The summed E-state index contributed by atoms with van der Waals surface area (Å²) < 4.78 is 41.0. The summed E-state index contributed by atoms with van der Waals surface area (Å²) in [5.41, 5.74) is 0.373. The number of aliphatic hydroxyl groups is 2. The third-order valence-corrected chi connectivity index (χ3v) is 6.59. The van der Waals surface area contributed by atoms with E-state index in [4.69, 9.17) is 5.11 Å². The number of carbonyl (C=O) groups excluding carboxylic acids is 1. The summed E-state index contributed by atoms with van der Waals surface area (Å²) in [6, 6.07) is 6.72. The minimum absolute atomic E-state index is 0.110. The average molecular weight is 489 g/mol. The Morgan fingerprint density at radius 1 is 1.23 bits per heavy atom. The highest BCUT2D eigenvalue weighted by Gasteiger charge is 2.37. The third kappa shape index (κ3) is 4.81. The molecule has 1 aromatic carbocycles. The number of aromatic nitrogens is 2. The zero-order valence-corrected chi connectivity index (χ0v) is 19.4. The highest BCUT2D eigenvalue weighted by molar-refractivity contribution is 5.92. The van der Waals surface area contributed by atoms with Crippen molar-refractivity contribution in [2.24, 2.45) is 0 Å². The van der Waals surface area contributed by atoms with Crippen LogP contribution in [0, 0.1) is 12.7 Å². The fraction of sp³-hybridized carbons (Fsp3) is 0.400. The molecule has 3 heterocycles. The molecule has 1 atom stereocenters. The predicted octanol–water partition coefficient (Wildman–Crippen LogP) is 3.99. The molecule has 0 spiro atoms. The number of hydrogen-bond donors (Lipinski definition) is 3. The maximum absolute atomic E-state index is 14.7. The molecule has 10 heteroatoms. The summed E-state index contributed by atoms with van der Waals surface area (Å²) in [5.74, 6) is -1.33. The van der Waals surface area contributed by atoms with Crippen molar-refractivity contribution in [2.45, 2.75) is 44.8 Å². The van der Waals surface area contributed by atoms with E-state index >= 15 is 0 Å². The first kappa shape index (κ1) is 24.9. The lowest BCUT2D eigenvalue weighted by molar-refractivity contribution is -0.138. The SMILES string of the molecule is Cc1nc(C2(O)CCN(C(=O)CO)CC2)cc2c(N[C@H](C)c3cccc(C(F)F)c3F)ccnc12. The number of hydrogen-bond acceptors (Lipinski definition) is 6. The number of alkyl halides is 2. The summed E-state index contributed by atoms with van der Waals surface area (Å²) in [7, 11) is 0. The van der Waals surface area contributed by atoms with Gasteiger partial charge in [-0.15, -0.1) is 0 Å². The van der Waals surface area contributed by atoms with Crippen molar-refractivity contribution in [1.82, 2.24) is 14.9 Å². The quantitative estimate of drug-likeness (QED) is 0.485. The number of nitrogens with one attached hydrogen (secondary N) is 1.